The average molecular weight is 371 g/mol. The molecule has 2 aromatic rings. The summed E-state index contributed by atoms with van der Waals surface area (Å²) in [5.74, 6) is 0. The second-order valence-electron chi connectivity index (χ2n) is 4.94. The van der Waals surface area contributed by atoms with Crippen molar-refractivity contribution in [1.29, 1.82) is 0 Å². The smallest absolute Gasteiger partial charge is 0.0794 e. The van der Waals surface area contributed by atoms with Gasteiger partial charge in [0, 0.05) is 34.9 Å². The van der Waals surface area contributed by atoms with Crippen LogP contribution in [0.5, 0.6) is 0 Å². The Morgan fingerprint density at radius 1 is 1.09 bits per heavy atom. The number of halogens is 3. The van der Waals surface area contributed by atoms with Crippen molar-refractivity contribution in [3.63, 3.8) is 0 Å². The van der Waals surface area contributed by atoms with Gasteiger partial charge in [-0.1, -0.05) is 34.8 Å². The molecule has 0 atom stereocenters. The van der Waals surface area contributed by atoms with Crippen molar-refractivity contribution in [3.8, 4) is 0 Å². The first-order valence-corrected chi connectivity index (χ1v) is 8.35. The van der Waals surface area contributed by atoms with Crippen molar-refractivity contribution in [2.45, 2.75) is 13.8 Å². The predicted molar refractivity (Wildman–Crippen MR) is 103 cm³/mol. The highest BCUT2D eigenvalue weighted by molar-refractivity contribution is 6.35. The molecule has 0 aliphatic heterocycles. The minimum Gasteiger partial charge on any atom is -0.388 e. The maximum Gasteiger partial charge on any atom is 0.0794 e. The highest BCUT2D eigenvalue weighted by atomic mass is 35.5. The minimum atomic E-state index is 0.604. The summed E-state index contributed by atoms with van der Waals surface area (Å²) in [7, 11) is 1.87. The van der Waals surface area contributed by atoms with Crippen molar-refractivity contribution in [3.05, 3.63) is 57.0 Å². The molecule has 1 N–H and O–H groups in total. The van der Waals surface area contributed by atoms with Crippen LogP contribution in [-0.2, 0) is 0 Å². The molecule has 0 heterocycles. The Balaban J connectivity index is 2.45. The van der Waals surface area contributed by atoms with Crippen LogP contribution in [0.25, 0.3) is 0 Å². The predicted octanol–water partition coefficient (Wildman–Crippen LogP) is 5.94. The van der Waals surface area contributed by atoms with Crippen LogP contribution in [0.1, 0.15) is 19.4 Å². The third kappa shape index (κ3) is 4.31. The summed E-state index contributed by atoms with van der Waals surface area (Å²) < 4.78 is 0. The molecule has 122 valence electrons. The van der Waals surface area contributed by atoms with Crippen LogP contribution in [0.4, 0.5) is 11.4 Å². The van der Waals surface area contributed by atoms with Crippen molar-refractivity contribution in [2.24, 2.45) is 5.10 Å². The van der Waals surface area contributed by atoms with Gasteiger partial charge >= 0.3 is 0 Å². The highest BCUT2D eigenvalue weighted by Crippen LogP contribution is 2.30. The third-order valence-corrected chi connectivity index (χ3v) is 4.19. The van der Waals surface area contributed by atoms with Crippen molar-refractivity contribution >= 4 is 51.9 Å². The van der Waals surface area contributed by atoms with E-state index in [4.69, 9.17) is 39.9 Å². The van der Waals surface area contributed by atoms with Gasteiger partial charge in [-0.3, -0.25) is 5.01 Å². The van der Waals surface area contributed by atoms with E-state index in [-0.39, 0.29) is 0 Å². The molecule has 0 unspecified atom stereocenters. The summed E-state index contributed by atoms with van der Waals surface area (Å²) in [6.45, 7) is 4.60. The van der Waals surface area contributed by atoms with Crippen molar-refractivity contribution < 1.29 is 0 Å². The second kappa shape index (κ2) is 7.91. The molecule has 0 radical (unpaired) electrons. The highest BCUT2D eigenvalue weighted by Gasteiger charge is 2.11. The fourth-order valence-corrected chi connectivity index (χ4v) is 2.80. The largest absolute Gasteiger partial charge is 0.388 e. The number of hydrazone groups is 1. The van der Waals surface area contributed by atoms with Gasteiger partial charge in [0.2, 0.25) is 0 Å². The summed E-state index contributed by atoms with van der Waals surface area (Å²) in [6.07, 6.45) is 0. The lowest BCUT2D eigenvalue weighted by Crippen LogP contribution is -2.18. The van der Waals surface area contributed by atoms with Gasteiger partial charge in [0.15, 0.2) is 0 Å². The van der Waals surface area contributed by atoms with Crippen LogP contribution in [0.3, 0.4) is 0 Å². The van der Waals surface area contributed by atoms with Crippen LogP contribution in [-0.4, -0.2) is 19.3 Å². The van der Waals surface area contributed by atoms with Crippen LogP contribution in [0.15, 0.2) is 41.5 Å². The molecule has 0 bridgehead atoms. The number of hydrogen-bond donors (Lipinski definition) is 1. The molecule has 0 aromatic heterocycles. The number of hydrogen-bond acceptors (Lipinski definition) is 3. The first kappa shape index (κ1) is 17.9. The maximum absolute atomic E-state index is 6.28. The lowest BCUT2D eigenvalue weighted by molar-refractivity contribution is 0.892. The Bertz CT molecular complexity index is 729. The molecule has 0 aliphatic carbocycles. The number of nitrogens with one attached hydrogen (secondary N) is 1. The Hall–Kier alpha value is -1.42. The van der Waals surface area contributed by atoms with E-state index in [2.05, 4.69) is 5.32 Å². The molecule has 3 nitrogen and oxygen atoms in total. The Labute approximate surface area is 151 Å². The quantitative estimate of drug-likeness (QED) is 0.521. The van der Waals surface area contributed by atoms with Crippen molar-refractivity contribution in [1.82, 2.24) is 0 Å². The van der Waals surface area contributed by atoms with E-state index in [1.165, 1.54) is 0 Å². The van der Waals surface area contributed by atoms with E-state index in [0.717, 1.165) is 22.6 Å². The zero-order valence-electron chi connectivity index (χ0n) is 13.2. The fourth-order valence-electron chi connectivity index (χ4n) is 2.25. The Morgan fingerprint density at radius 3 is 2.39 bits per heavy atom. The number of anilines is 2. The van der Waals surface area contributed by atoms with Gasteiger partial charge in [0.05, 0.1) is 16.4 Å². The normalized spacial score (nSPS) is 11.5. The lowest BCUT2D eigenvalue weighted by atomic mass is 10.1. The molecule has 2 aromatic carbocycles. The van der Waals surface area contributed by atoms with Crippen LogP contribution in [0, 0.1) is 0 Å². The Kier molecular flexibility index (Phi) is 6.17. The Morgan fingerprint density at radius 2 is 1.74 bits per heavy atom. The van der Waals surface area contributed by atoms with Crippen LogP contribution in [0.2, 0.25) is 15.1 Å². The van der Waals surface area contributed by atoms with E-state index in [1.807, 2.05) is 44.1 Å². The first-order valence-electron chi connectivity index (χ1n) is 7.21. The molecule has 23 heavy (non-hydrogen) atoms. The molecule has 6 heteroatoms. The van der Waals surface area contributed by atoms with Crippen LogP contribution >= 0.6 is 34.8 Å². The maximum atomic E-state index is 6.28. The monoisotopic (exact) mass is 369 g/mol. The lowest BCUT2D eigenvalue weighted by Gasteiger charge is -2.20. The van der Waals surface area contributed by atoms with Gasteiger partial charge in [0.25, 0.3) is 0 Å². The van der Waals surface area contributed by atoms with Gasteiger partial charge in [-0.2, -0.15) is 5.10 Å². The molecule has 0 saturated heterocycles. The van der Waals surface area contributed by atoms with Crippen LogP contribution < -0.4 is 10.3 Å². The molecule has 0 fully saturated rings. The zero-order valence-corrected chi connectivity index (χ0v) is 15.5. The molecule has 0 amide bonds. The third-order valence-electron chi connectivity index (χ3n) is 3.40. The molecular weight excluding hydrogens is 353 g/mol. The van der Waals surface area contributed by atoms with Gasteiger partial charge in [-0.15, -0.1) is 0 Å². The summed E-state index contributed by atoms with van der Waals surface area (Å²) >= 11 is 18.5. The van der Waals surface area contributed by atoms with Gasteiger partial charge < -0.3 is 5.32 Å². The molecule has 2 rings (SSSR count). The SMILES string of the molecule is CCN(/N=C(/C)c1cc(Cl)ccc1NC)c1cc(Cl)ccc1Cl. The van der Waals surface area contributed by atoms with E-state index >= 15 is 0 Å². The van der Waals surface area contributed by atoms with Crippen molar-refractivity contribution in [2.75, 3.05) is 23.9 Å². The zero-order chi connectivity index (χ0) is 17.0. The molecule has 0 saturated carbocycles. The second-order valence-corrected chi connectivity index (χ2v) is 6.22. The van der Waals surface area contributed by atoms with Gasteiger partial charge in [0.1, 0.15) is 0 Å². The van der Waals surface area contributed by atoms with Gasteiger partial charge in [-0.25, -0.2) is 0 Å². The molecule has 0 aliphatic rings. The number of rotatable bonds is 5. The van der Waals surface area contributed by atoms with E-state index in [9.17, 15) is 0 Å². The fraction of sp³-hybridized carbons (Fsp3) is 0.235. The number of nitrogens with zero attached hydrogens (tertiary/aromatic N) is 2. The summed E-state index contributed by atoms with van der Waals surface area (Å²) in [6, 6.07) is 11.0. The molecule has 0 spiro atoms. The standard InChI is InChI=1S/C17H18Cl3N3/c1-4-23(17-10-13(19)5-7-15(17)20)22-11(2)14-9-12(18)6-8-16(14)21-3/h5-10,21H,4H2,1-3H3/b22-11-. The molecular formula is C17H18Cl3N3. The van der Waals surface area contributed by atoms with E-state index in [0.29, 0.717) is 21.6 Å². The summed E-state index contributed by atoms with van der Waals surface area (Å²) in [5, 5.41) is 11.6. The van der Waals surface area contributed by atoms with E-state index in [1.54, 1.807) is 18.2 Å². The van der Waals surface area contributed by atoms with E-state index < -0.39 is 0 Å². The van der Waals surface area contributed by atoms with Gasteiger partial charge in [-0.05, 0) is 50.2 Å². The topological polar surface area (TPSA) is 27.6 Å². The first-order chi connectivity index (χ1) is 11.0. The average Bonchev–Trinajstić information content (AvgIpc) is 2.54. The minimum absolute atomic E-state index is 0.604. The summed E-state index contributed by atoms with van der Waals surface area (Å²) in [5.41, 5.74) is 3.50. The summed E-state index contributed by atoms with van der Waals surface area (Å²) in [4.78, 5) is 0. The number of benzene rings is 2.